The van der Waals surface area contributed by atoms with E-state index in [1.807, 2.05) is 13.0 Å². The van der Waals surface area contributed by atoms with Gasteiger partial charge in [0.2, 0.25) is 0 Å². The molecule has 0 atom stereocenters. The molecule has 0 unspecified atom stereocenters. The fraction of sp³-hybridized carbons (Fsp3) is 0.143. The van der Waals surface area contributed by atoms with Crippen molar-refractivity contribution in [2.75, 3.05) is 22.1 Å². The number of aryl methyl sites for hydroxylation is 1. The number of ether oxygens (including phenoxy) is 1. The maximum absolute atomic E-state index is 13.0. The van der Waals surface area contributed by atoms with E-state index in [1.165, 1.54) is 0 Å². The quantitative estimate of drug-likeness (QED) is 0.312. The van der Waals surface area contributed by atoms with Gasteiger partial charge in [0.25, 0.3) is 17.7 Å². The molecule has 1 heterocycles. The molecule has 4 rings (SSSR count). The van der Waals surface area contributed by atoms with Gasteiger partial charge in [-0.3, -0.25) is 14.4 Å². The van der Waals surface area contributed by atoms with Gasteiger partial charge in [0.1, 0.15) is 10.7 Å². The molecule has 2 N–H and O–H groups in total. The number of hydrogen-bond donors (Lipinski definition) is 2. The van der Waals surface area contributed by atoms with Crippen LogP contribution in [-0.4, -0.2) is 30.3 Å². The van der Waals surface area contributed by atoms with Crippen molar-refractivity contribution >= 4 is 52.4 Å². The average Bonchev–Trinajstić information content (AvgIpc) is 3.11. The Balaban J connectivity index is 1.44. The van der Waals surface area contributed by atoms with E-state index < -0.39 is 17.8 Å². The zero-order valence-electron chi connectivity index (χ0n) is 20.2. The minimum atomic E-state index is -0.611. The fourth-order valence-corrected chi connectivity index (χ4v) is 3.91. The van der Waals surface area contributed by atoms with Crippen molar-refractivity contribution in [1.82, 2.24) is 0 Å². The normalized spacial score (nSPS) is 13.1. The molecule has 0 bridgehead atoms. The third kappa shape index (κ3) is 5.54. The molecule has 0 aromatic heterocycles. The van der Waals surface area contributed by atoms with Crippen LogP contribution in [0.2, 0.25) is 0 Å². The van der Waals surface area contributed by atoms with Crippen LogP contribution in [0.3, 0.4) is 0 Å². The second-order valence-electron chi connectivity index (χ2n) is 8.29. The van der Waals surface area contributed by atoms with Crippen molar-refractivity contribution in [3.8, 4) is 0 Å². The molecule has 9 heteroatoms. The predicted molar refractivity (Wildman–Crippen MR) is 142 cm³/mol. The SMILES string of the molecule is CCCOC(=O)c1cccc(NC(=O)c2ccc(NC3=C(Cl)C(=O)N(c4ccccc4C)C3=O)cc2)c1. The van der Waals surface area contributed by atoms with Crippen LogP contribution >= 0.6 is 11.6 Å². The molecule has 188 valence electrons. The Morgan fingerprint density at radius 1 is 0.892 bits per heavy atom. The van der Waals surface area contributed by atoms with Crippen molar-refractivity contribution in [2.45, 2.75) is 20.3 Å². The van der Waals surface area contributed by atoms with Gasteiger partial charge in [-0.05, 0) is 67.4 Å². The second-order valence-corrected chi connectivity index (χ2v) is 8.67. The van der Waals surface area contributed by atoms with Gasteiger partial charge in [-0.15, -0.1) is 0 Å². The van der Waals surface area contributed by atoms with E-state index in [2.05, 4.69) is 10.6 Å². The Kier molecular flexibility index (Phi) is 7.69. The molecule has 0 aliphatic carbocycles. The lowest BCUT2D eigenvalue weighted by Crippen LogP contribution is -2.32. The van der Waals surface area contributed by atoms with E-state index in [9.17, 15) is 19.2 Å². The minimum Gasteiger partial charge on any atom is -0.462 e. The van der Waals surface area contributed by atoms with E-state index in [-0.39, 0.29) is 16.6 Å². The van der Waals surface area contributed by atoms with E-state index >= 15 is 0 Å². The maximum Gasteiger partial charge on any atom is 0.338 e. The minimum absolute atomic E-state index is 0.0427. The number of amides is 3. The van der Waals surface area contributed by atoms with Crippen LogP contribution in [0.5, 0.6) is 0 Å². The first-order valence-electron chi connectivity index (χ1n) is 11.6. The Hall–Kier alpha value is -4.43. The summed E-state index contributed by atoms with van der Waals surface area (Å²) in [5.74, 6) is -2.02. The number of para-hydroxylation sites is 1. The van der Waals surface area contributed by atoms with Gasteiger partial charge >= 0.3 is 5.97 Å². The number of nitrogens with one attached hydrogen (secondary N) is 2. The second kappa shape index (κ2) is 11.1. The number of halogens is 1. The standard InChI is InChI=1S/C28H24ClN3O5/c1-3-15-37-28(36)19-8-6-9-21(16-19)31-25(33)18-11-13-20(14-12-18)30-24-23(29)26(34)32(27(24)35)22-10-5-4-7-17(22)2/h4-14,16,30H,3,15H2,1-2H3,(H,31,33). The number of rotatable bonds is 8. The Morgan fingerprint density at radius 3 is 2.32 bits per heavy atom. The van der Waals surface area contributed by atoms with Crippen molar-refractivity contribution in [3.63, 3.8) is 0 Å². The van der Waals surface area contributed by atoms with Gasteiger partial charge < -0.3 is 15.4 Å². The topological polar surface area (TPSA) is 105 Å². The van der Waals surface area contributed by atoms with Crippen molar-refractivity contribution < 1.29 is 23.9 Å². The Labute approximate surface area is 218 Å². The molecule has 0 saturated heterocycles. The van der Waals surface area contributed by atoms with Crippen LogP contribution < -0.4 is 15.5 Å². The predicted octanol–water partition coefficient (Wildman–Crippen LogP) is 5.25. The maximum atomic E-state index is 13.0. The van der Waals surface area contributed by atoms with Crippen LogP contribution in [0.1, 0.15) is 39.6 Å². The molecule has 1 aliphatic rings. The number of carbonyl (C=O) groups excluding carboxylic acids is 4. The van der Waals surface area contributed by atoms with Gasteiger partial charge in [-0.2, -0.15) is 0 Å². The highest BCUT2D eigenvalue weighted by atomic mass is 35.5. The summed E-state index contributed by atoms with van der Waals surface area (Å²) in [4.78, 5) is 51.5. The summed E-state index contributed by atoms with van der Waals surface area (Å²) in [6.07, 6.45) is 0.714. The summed E-state index contributed by atoms with van der Waals surface area (Å²) in [7, 11) is 0. The molecular weight excluding hydrogens is 494 g/mol. The van der Waals surface area contributed by atoms with E-state index in [1.54, 1.807) is 73.7 Å². The zero-order chi connectivity index (χ0) is 26.5. The molecule has 1 aliphatic heterocycles. The summed E-state index contributed by atoms with van der Waals surface area (Å²) in [6.45, 7) is 4.02. The average molecular weight is 518 g/mol. The molecule has 3 aromatic carbocycles. The van der Waals surface area contributed by atoms with E-state index in [0.717, 1.165) is 10.5 Å². The van der Waals surface area contributed by atoms with Gasteiger partial charge in [0, 0.05) is 16.9 Å². The molecule has 0 fully saturated rings. The van der Waals surface area contributed by atoms with Crippen molar-refractivity contribution in [3.05, 3.63) is 100 Å². The number of imide groups is 1. The third-order valence-corrected chi connectivity index (χ3v) is 5.94. The monoisotopic (exact) mass is 517 g/mol. The molecule has 37 heavy (non-hydrogen) atoms. The Bertz CT molecular complexity index is 1420. The highest BCUT2D eigenvalue weighted by Gasteiger charge is 2.39. The van der Waals surface area contributed by atoms with Crippen LogP contribution in [-0.2, 0) is 14.3 Å². The number of nitrogens with zero attached hydrogens (tertiary/aromatic N) is 1. The number of carbonyl (C=O) groups is 4. The molecule has 3 aromatic rings. The van der Waals surface area contributed by atoms with E-state index in [4.69, 9.17) is 16.3 Å². The number of anilines is 3. The zero-order valence-corrected chi connectivity index (χ0v) is 21.0. The van der Waals surface area contributed by atoms with Gasteiger partial charge in [-0.25, -0.2) is 9.69 Å². The summed E-state index contributed by atoms with van der Waals surface area (Å²) >= 11 is 6.21. The lowest BCUT2D eigenvalue weighted by Gasteiger charge is -2.17. The first-order valence-corrected chi connectivity index (χ1v) is 12.0. The first-order chi connectivity index (χ1) is 17.8. The van der Waals surface area contributed by atoms with Crippen LogP contribution in [0.25, 0.3) is 0 Å². The van der Waals surface area contributed by atoms with Gasteiger partial charge in [0.15, 0.2) is 0 Å². The van der Waals surface area contributed by atoms with Crippen LogP contribution in [0.4, 0.5) is 17.1 Å². The van der Waals surface area contributed by atoms with Gasteiger partial charge in [-0.1, -0.05) is 42.8 Å². The highest BCUT2D eigenvalue weighted by Crippen LogP contribution is 2.31. The van der Waals surface area contributed by atoms with Crippen molar-refractivity contribution in [2.24, 2.45) is 0 Å². The van der Waals surface area contributed by atoms with Crippen LogP contribution in [0.15, 0.2) is 83.5 Å². The van der Waals surface area contributed by atoms with Crippen LogP contribution in [0, 0.1) is 6.92 Å². The molecule has 0 radical (unpaired) electrons. The summed E-state index contributed by atoms with van der Waals surface area (Å²) in [5, 5.41) is 5.43. The van der Waals surface area contributed by atoms with Crippen molar-refractivity contribution in [1.29, 1.82) is 0 Å². The molecule has 8 nitrogen and oxygen atoms in total. The molecule has 0 saturated carbocycles. The highest BCUT2D eigenvalue weighted by molar-refractivity contribution is 6.53. The number of esters is 1. The number of benzene rings is 3. The summed E-state index contributed by atoms with van der Waals surface area (Å²) in [5.41, 5.74) is 2.78. The van der Waals surface area contributed by atoms with E-state index in [0.29, 0.717) is 41.2 Å². The lowest BCUT2D eigenvalue weighted by atomic mass is 10.1. The molecule has 0 spiro atoms. The fourth-order valence-electron chi connectivity index (χ4n) is 3.70. The molecular formula is C28H24ClN3O5. The summed E-state index contributed by atoms with van der Waals surface area (Å²) in [6, 6.07) is 19.8. The Morgan fingerprint density at radius 2 is 1.62 bits per heavy atom. The largest absolute Gasteiger partial charge is 0.462 e. The number of hydrogen-bond acceptors (Lipinski definition) is 6. The van der Waals surface area contributed by atoms with Gasteiger partial charge in [0.05, 0.1) is 17.9 Å². The smallest absolute Gasteiger partial charge is 0.338 e. The summed E-state index contributed by atoms with van der Waals surface area (Å²) < 4.78 is 5.13. The lowest BCUT2D eigenvalue weighted by molar-refractivity contribution is -0.120. The first kappa shape index (κ1) is 25.7. The molecule has 3 amide bonds. The third-order valence-electron chi connectivity index (χ3n) is 5.59.